The second-order valence-electron chi connectivity index (χ2n) is 7.67. The van der Waals surface area contributed by atoms with Crippen molar-refractivity contribution in [1.29, 1.82) is 0 Å². The van der Waals surface area contributed by atoms with Crippen LogP contribution in [-0.4, -0.2) is 22.7 Å². The number of aliphatic hydroxyl groups is 1. The lowest BCUT2D eigenvalue weighted by molar-refractivity contribution is -0.132. The van der Waals surface area contributed by atoms with Crippen LogP contribution in [0.25, 0.3) is 5.76 Å². The van der Waals surface area contributed by atoms with E-state index in [4.69, 9.17) is 0 Å². The summed E-state index contributed by atoms with van der Waals surface area (Å²) in [5, 5.41) is 13.8. The van der Waals surface area contributed by atoms with Crippen molar-refractivity contribution in [3.63, 3.8) is 0 Å². The zero-order valence-electron chi connectivity index (χ0n) is 17.7. The molecule has 1 aliphatic heterocycles. The molecule has 0 radical (unpaired) electrons. The lowest BCUT2D eigenvalue weighted by Gasteiger charge is -2.25. The first-order chi connectivity index (χ1) is 15.4. The Morgan fingerprint density at radius 1 is 0.906 bits per heavy atom. The summed E-state index contributed by atoms with van der Waals surface area (Å²) in [6.45, 7) is 3.34. The van der Waals surface area contributed by atoms with Gasteiger partial charge in [-0.05, 0) is 36.8 Å². The lowest BCUT2D eigenvalue weighted by atomic mass is 9.95. The van der Waals surface area contributed by atoms with Crippen LogP contribution >= 0.6 is 0 Å². The summed E-state index contributed by atoms with van der Waals surface area (Å²) in [5.74, 6) is -1.89. The van der Waals surface area contributed by atoms with E-state index in [-0.39, 0.29) is 17.2 Å². The maximum atomic E-state index is 13.1. The van der Waals surface area contributed by atoms with Gasteiger partial charge in [-0.2, -0.15) is 0 Å². The summed E-state index contributed by atoms with van der Waals surface area (Å²) in [5.41, 5.74) is 3.28. The van der Waals surface area contributed by atoms with Crippen LogP contribution < -0.4 is 10.2 Å². The van der Waals surface area contributed by atoms with E-state index in [1.165, 1.54) is 11.8 Å². The maximum Gasteiger partial charge on any atom is 0.300 e. The van der Waals surface area contributed by atoms with E-state index < -0.39 is 17.7 Å². The van der Waals surface area contributed by atoms with Crippen LogP contribution in [0.15, 0.2) is 84.4 Å². The van der Waals surface area contributed by atoms with E-state index in [1.807, 2.05) is 49.4 Å². The smallest absolute Gasteiger partial charge is 0.300 e. The van der Waals surface area contributed by atoms with Crippen LogP contribution in [0.1, 0.15) is 29.7 Å². The predicted octanol–water partition coefficient (Wildman–Crippen LogP) is 4.58. The Kier molecular flexibility index (Phi) is 5.60. The number of Topliss-reactive ketones (excluding diaryl/α,β-unsaturated/α-hetero) is 1. The van der Waals surface area contributed by atoms with Crippen molar-refractivity contribution < 1.29 is 19.5 Å². The number of hydrogen-bond donors (Lipinski definition) is 2. The molecule has 1 atom stereocenters. The minimum absolute atomic E-state index is 0.0380. The molecule has 4 rings (SSSR count). The van der Waals surface area contributed by atoms with Gasteiger partial charge in [0.25, 0.3) is 11.7 Å². The molecule has 0 aromatic heterocycles. The number of aliphatic hydroxyl groups excluding tert-OH is 1. The Bertz CT molecular complexity index is 1210. The minimum Gasteiger partial charge on any atom is -0.507 e. The molecule has 3 aromatic carbocycles. The van der Waals surface area contributed by atoms with Crippen molar-refractivity contribution in [2.24, 2.45) is 0 Å². The molecule has 6 nitrogen and oxygen atoms in total. The van der Waals surface area contributed by atoms with E-state index in [0.717, 1.165) is 5.56 Å². The van der Waals surface area contributed by atoms with Gasteiger partial charge >= 0.3 is 0 Å². The first kappa shape index (κ1) is 21.1. The largest absolute Gasteiger partial charge is 0.507 e. The second-order valence-corrected chi connectivity index (χ2v) is 7.67. The number of amides is 2. The van der Waals surface area contributed by atoms with Crippen LogP contribution in [-0.2, 0) is 14.4 Å². The van der Waals surface area contributed by atoms with Gasteiger partial charge in [0.2, 0.25) is 5.91 Å². The number of rotatable bonds is 4. The van der Waals surface area contributed by atoms with Crippen molar-refractivity contribution in [1.82, 2.24) is 0 Å². The van der Waals surface area contributed by atoms with Gasteiger partial charge in [-0.25, -0.2) is 0 Å². The van der Waals surface area contributed by atoms with Gasteiger partial charge in [-0.15, -0.1) is 0 Å². The summed E-state index contributed by atoms with van der Waals surface area (Å²) in [6, 6.07) is 22.1. The molecule has 0 spiro atoms. The second kappa shape index (κ2) is 8.51. The number of nitrogens with one attached hydrogen (secondary N) is 1. The standard InChI is InChI=1S/C26H22N2O4/c1-16-8-10-19(11-9-16)24(30)22-23(18-6-4-3-5-7-18)28(26(32)25(22)31)21-14-12-20(13-15-21)27-17(2)29/h3-15,23,30H,1-2H3,(H,27,29)/b24-22+. The van der Waals surface area contributed by atoms with E-state index >= 15 is 0 Å². The van der Waals surface area contributed by atoms with Gasteiger partial charge in [0, 0.05) is 23.9 Å². The van der Waals surface area contributed by atoms with Gasteiger partial charge in [0.15, 0.2) is 0 Å². The summed E-state index contributed by atoms with van der Waals surface area (Å²) in [7, 11) is 0. The van der Waals surface area contributed by atoms with E-state index in [1.54, 1.807) is 36.4 Å². The third-order valence-corrected chi connectivity index (χ3v) is 5.35. The summed E-state index contributed by atoms with van der Waals surface area (Å²) < 4.78 is 0. The van der Waals surface area contributed by atoms with Crippen molar-refractivity contribution in [3.05, 3.63) is 101 Å². The third kappa shape index (κ3) is 3.90. The fourth-order valence-electron chi connectivity index (χ4n) is 3.83. The molecular formula is C26H22N2O4. The molecule has 0 aliphatic carbocycles. The Morgan fingerprint density at radius 3 is 2.12 bits per heavy atom. The predicted molar refractivity (Wildman–Crippen MR) is 123 cm³/mol. The Balaban J connectivity index is 1.85. The lowest BCUT2D eigenvalue weighted by Crippen LogP contribution is -2.29. The number of carbonyl (C=O) groups excluding carboxylic acids is 3. The van der Waals surface area contributed by atoms with Crippen molar-refractivity contribution in [2.45, 2.75) is 19.9 Å². The number of aryl methyl sites for hydroxylation is 1. The highest BCUT2D eigenvalue weighted by Gasteiger charge is 2.46. The van der Waals surface area contributed by atoms with Crippen LogP contribution in [0.5, 0.6) is 0 Å². The number of ketones is 1. The van der Waals surface area contributed by atoms with Crippen LogP contribution in [0, 0.1) is 6.92 Å². The molecule has 3 aromatic rings. The number of anilines is 2. The first-order valence-corrected chi connectivity index (χ1v) is 10.2. The zero-order chi connectivity index (χ0) is 22.8. The molecule has 160 valence electrons. The summed E-state index contributed by atoms with van der Waals surface area (Å²) >= 11 is 0. The molecule has 32 heavy (non-hydrogen) atoms. The molecule has 1 saturated heterocycles. The Morgan fingerprint density at radius 2 is 1.53 bits per heavy atom. The highest BCUT2D eigenvalue weighted by Crippen LogP contribution is 2.42. The van der Waals surface area contributed by atoms with Gasteiger partial charge < -0.3 is 10.4 Å². The number of carbonyl (C=O) groups is 3. The molecule has 2 amide bonds. The number of benzene rings is 3. The topological polar surface area (TPSA) is 86.7 Å². The average molecular weight is 426 g/mol. The molecule has 2 N–H and O–H groups in total. The van der Waals surface area contributed by atoms with Gasteiger partial charge in [0.05, 0.1) is 11.6 Å². The summed E-state index contributed by atoms with van der Waals surface area (Å²) in [6.07, 6.45) is 0. The molecule has 0 bridgehead atoms. The Hall–Kier alpha value is -4.19. The number of hydrogen-bond acceptors (Lipinski definition) is 4. The van der Waals surface area contributed by atoms with Gasteiger partial charge in [0.1, 0.15) is 5.76 Å². The van der Waals surface area contributed by atoms with Crippen molar-refractivity contribution >= 4 is 34.7 Å². The fourth-order valence-corrected chi connectivity index (χ4v) is 3.83. The molecule has 1 fully saturated rings. The number of nitrogens with zero attached hydrogens (tertiary/aromatic N) is 1. The quantitative estimate of drug-likeness (QED) is 0.363. The molecule has 1 unspecified atom stereocenters. The van der Waals surface area contributed by atoms with Crippen molar-refractivity contribution in [2.75, 3.05) is 10.2 Å². The maximum absolute atomic E-state index is 13.1. The first-order valence-electron chi connectivity index (χ1n) is 10.2. The normalized spacial score (nSPS) is 17.4. The minimum atomic E-state index is -0.788. The summed E-state index contributed by atoms with van der Waals surface area (Å²) in [4.78, 5) is 38.9. The highest BCUT2D eigenvalue weighted by atomic mass is 16.3. The third-order valence-electron chi connectivity index (χ3n) is 5.35. The van der Waals surface area contributed by atoms with Gasteiger partial charge in [-0.1, -0.05) is 60.2 Å². The SMILES string of the molecule is CC(=O)Nc1ccc(N2C(=O)C(=O)/C(=C(/O)c3ccc(C)cc3)C2c2ccccc2)cc1. The van der Waals surface area contributed by atoms with Gasteiger partial charge in [-0.3, -0.25) is 19.3 Å². The van der Waals surface area contributed by atoms with Crippen molar-refractivity contribution in [3.8, 4) is 0 Å². The molecule has 6 heteroatoms. The van der Waals surface area contributed by atoms with Crippen LogP contribution in [0.4, 0.5) is 11.4 Å². The van der Waals surface area contributed by atoms with E-state index in [9.17, 15) is 19.5 Å². The molecule has 0 saturated carbocycles. The van der Waals surface area contributed by atoms with Crippen LogP contribution in [0.3, 0.4) is 0 Å². The van der Waals surface area contributed by atoms with E-state index in [0.29, 0.717) is 22.5 Å². The Labute approximate surface area is 185 Å². The highest BCUT2D eigenvalue weighted by molar-refractivity contribution is 6.51. The zero-order valence-corrected chi connectivity index (χ0v) is 17.7. The monoisotopic (exact) mass is 426 g/mol. The molecule has 1 heterocycles. The molecular weight excluding hydrogens is 404 g/mol. The van der Waals surface area contributed by atoms with Crippen LogP contribution in [0.2, 0.25) is 0 Å². The average Bonchev–Trinajstić information content (AvgIpc) is 3.05. The fraction of sp³-hybridized carbons (Fsp3) is 0.115. The molecule has 1 aliphatic rings. The van der Waals surface area contributed by atoms with E-state index in [2.05, 4.69) is 5.32 Å².